The van der Waals surface area contributed by atoms with Crippen LogP contribution in [-0.2, 0) is 9.53 Å². The maximum absolute atomic E-state index is 12.3. The number of anilines is 1. The van der Waals surface area contributed by atoms with Gasteiger partial charge in [-0.2, -0.15) is 0 Å². The van der Waals surface area contributed by atoms with Gasteiger partial charge >= 0.3 is 5.97 Å². The van der Waals surface area contributed by atoms with E-state index >= 15 is 0 Å². The SMILES string of the molecule is COC(=O)c1cccc(NC(=O)CN2CCC(CO)(NCC(C)C)CC2)n1. The van der Waals surface area contributed by atoms with Gasteiger partial charge in [-0.15, -0.1) is 0 Å². The third-order valence-corrected chi connectivity index (χ3v) is 4.78. The number of piperidine rings is 1. The minimum atomic E-state index is -0.545. The highest BCUT2D eigenvalue weighted by atomic mass is 16.5. The molecule has 1 aromatic rings. The third kappa shape index (κ3) is 6.27. The Morgan fingerprint density at radius 2 is 2.04 bits per heavy atom. The van der Waals surface area contributed by atoms with E-state index in [2.05, 4.69) is 39.1 Å². The van der Waals surface area contributed by atoms with E-state index in [4.69, 9.17) is 0 Å². The second-order valence-corrected chi connectivity index (χ2v) is 7.44. The zero-order valence-corrected chi connectivity index (χ0v) is 16.3. The molecule has 2 heterocycles. The monoisotopic (exact) mass is 378 g/mol. The number of rotatable bonds is 8. The molecule has 1 amide bonds. The van der Waals surface area contributed by atoms with Crippen LogP contribution in [0.5, 0.6) is 0 Å². The molecule has 0 aliphatic carbocycles. The molecular formula is C19H30N4O4. The van der Waals surface area contributed by atoms with Crippen molar-refractivity contribution in [2.24, 2.45) is 5.92 Å². The Kier molecular flexibility index (Phi) is 7.70. The lowest BCUT2D eigenvalue weighted by atomic mass is 9.87. The Balaban J connectivity index is 1.84. The van der Waals surface area contributed by atoms with Gasteiger partial charge < -0.3 is 20.5 Å². The second kappa shape index (κ2) is 9.77. The number of carbonyl (C=O) groups excluding carboxylic acids is 2. The van der Waals surface area contributed by atoms with Crippen LogP contribution in [0.15, 0.2) is 18.2 Å². The van der Waals surface area contributed by atoms with Crippen LogP contribution in [0.2, 0.25) is 0 Å². The number of methoxy groups -OCH3 is 1. The van der Waals surface area contributed by atoms with Crippen LogP contribution in [0.25, 0.3) is 0 Å². The molecule has 1 saturated heterocycles. The Bertz CT molecular complexity index is 642. The normalized spacial score (nSPS) is 16.9. The van der Waals surface area contributed by atoms with Crippen LogP contribution in [0.4, 0.5) is 5.82 Å². The number of aliphatic hydroxyl groups excluding tert-OH is 1. The molecule has 1 aliphatic heterocycles. The number of pyridine rings is 1. The topological polar surface area (TPSA) is 104 Å². The highest BCUT2D eigenvalue weighted by Crippen LogP contribution is 2.22. The highest BCUT2D eigenvalue weighted by Gasteiger charge is 2.34. The average Bonchev–Trinajstić information content (AvgIpc) is 2.67. The Hall–Kier alpha value is -2.03. The highest BCUT2D eigenvalue weighted by molar-refractivity contribution is 5.92. The molecule has 150 valence electrons. The van der Waals surface area contributed by atoms with Crippen LogP contribution in [0, 0.1) is 5.92 Å². The van der Waals surface area contributed by atoms with Gasteiger partial charge in [0, 0.05) is 18.6 Å². The number of likely N-dealkylation sites (tertiary alicyclic amines) is 1. The fraction of sp³-hybridized carbons (Fsp3) is 0.632. The molecule has 0 radical (unpaired) electrons. The molecule has 0 atom stereocenters. The van der Waals surface area contributed by atoms with E-state index in [1.54, 1.807) is 12.1 Å². The Morgan fingerprint density at radius 1 is 1.33 bits per heavy atom. The summed E-state index contributed by atoms with van der Waals surface area (Å²) >= 11 is 0. The number of carbonyl (C=O) groups is 2. The summed E-state index contributed by atoms with van der Waals surface area (Å²) in [7, 11) is 1.29. The van der Waals surface area contributed by atoms with Crippen LogP contribution >= 0.6 is 0 Å². The van der Waals surface area contributed by atoms with Gasteiger partial charge in [0.1, 0.15) is 5.82 Å². The molecule has 27 heavy (non-hydrogen) atoms. The minimum absolute atomic E-state index is 0.101. The summed E-state index contributed by atoms with van der Waals surface area (Å²) in [6.07, 6.45) is 1.58. The lowest BCUT2D eigenvalue weighted by Crippen LogP contribution is -2.57. The smallest absolute Gasteiger partial charge is 0.356 e. The van der Waals surface area contributed by atoms with E-state index in [9.17, 15) is 14.7 Å². The van der Waals surface area contributed by atoms with Crippen molar-refractivity contribution >= 4 is 17.7 Å². The molecule has 8 nitrogen and oxygen atoms in total. The average molecular weight is 378 g/mol. The standard InChI is InChI=1S/C19H30N4O4/c1-14(2)11-20-19(13-24)7-9-23(10-8-19)12-17(25)22-16-6-4-5-15(21-16)18(26)27-3/h4-6,14,20,24H,7-13H2,1-3H3,(H,21,22,25). The predicted molar refractivity (Wildman–Crippen MR) is 103 cm³/mol. The van der Waals surface area contributed by atoms with Crippen molar-refractivity contribution in [2.75, 3.05) is 45.2 Å². The van der Waals surface area contributed by atoms with Crippen LogP contribution in [0.3, 0.4) is 0 Å². The largest absolute Gasteiger partial charge is 0.464 e. The zero-order chi connectivity index (χ0) is 19.9. The maximum atomic E-state index is 12.3. The zero-order valence-electron chi connectivity index (χ0n) is 16.3. The summed E-state index contributed by atoms with van der Waals surface area (Å²) in [5, 5.41) is 16.0. The molecule has 0 unspecified atom stereocenters. The molecule has 8 heteroatoms. The summed E-state index contributed by atoms with van der Waals surface area (Å²) in [6.45, 7) is 6.95. The van der Waals surface area contributed by atoms with Gasteiger partial charge in [-0.25, -0.2) is 9.78 Å². The molecule has 0 spiro atoms. The molecule has 0 aromatic carbocycles. The molecule has 1 aliphatic rings. The van der Waals surface area contributed by atoms with Crippen LogP contribution in [-0.4, -0.2) is 72.3 Å². The van der Waals surface area contributed by atoms with Crippen molar-refractivity contribution in [3.05, 3.63) is 23.9 Å². The van der Waals surface area contributed by atoms with E-state index in [0.29, 0.717) is 11.7 Å². The number of nitrogens with one attached hydrogen (secondary N) is 2. The van der Waals surface area contributed by atoms with Gasteiger partial charge in [-0.1, -0.05) is 19.9 Å². The number of ether oxygens (including phenoxy) is 1. The van der Waals surface area contributed by atoms with Gasteiger partial charge in [0.2, 0.25) is 5.91 Å². The first-order valence-corrected chi connectivity index (χ1v) is 9.31. The first-order valence-electron chi connectivity index (χ1n) is 9.31. The quantitative estimate of drug-likeness (QED) is 0.577. The number of nitrogens with zero attached hydrogens (tertiary/aromatic N) is 2. The summed E-state index contributed by atoms with van der Waals surface area (Å²) in [5.41, 5.74) is -0.106. The Morgan fingerprint density at radius 3 is 2.63 bits per heavy atom. The van der Waals surface area contributed by atoms with Crippen LogP contribution in [0.1, 0.15) is 37.2 Å². The van der Waals surface area contributed by atoms with Crippen molar-refractivity contribution < 1.29 is 19.4 Å². The van der Waals surface area contributed by atoms with E-state index in [0.717, 1.165) is 32.5 Å². The molecular weight excluding hydrogens is 348 g/mol. The molecule has 1 aromatic heterocycles. The van der Waals surface area contributed by atoms with Gasteiger partial charge in [-0.05, 0) is 37.4 Å². The summed E-state index contributed by atoms with van der Waals surface area (Å²) in [5.74, 6) is 0.112. The molecule has 0 saturated carbocycles. The summed E-state index contributed by atoms with van der Waals surface area (Å²) in [4.78, 5) is 30.0. The van der Waals surface area contributed by atoms with Crippen molar-refractivity contribution in [3.63, 3.8) is 0 Å². The molecule has 2 rings (SSSR count). The van der Waals surface area contributed by atoms with Gasteiger partial charge in [0.05, 0.1) is 20.3 Å². The predicted octanol–water partition coefficient (Wildman–Crippen LogP) is 0.879. The van der Waals surface area contributed by atoms with E-state index < -0.39 is 5.97 Å². The van der Waals surface area contributed by atoms with E-state index in [1.807, 2.05) is 0 Å². The van der Waals surface area contributed by atoms with Crippen molar-refractivity contribution in [3.8, 4) is 0 Å². The van der Waals surface area contributed by atoms with Gasteiger partial charge in [0.25, 0.3) is 0 Å². The van der Waals surface area contributed by atoms with Crippen molar-refractivity contribution in [1.82, 2.24) is 15.2 Å². The minimum Gasteiger partial charge on any atom is -0.464 e. The number of hydrogen-bond donors (Lipinski definition) is 3. The third-order valence-electron chi connectivity index (χ3n) is 4.78. The number of aromatic nitrogens is 1. The lowest BCUT2D eigenvalue weighted by Gasteiger charge is -2.41. The molecule has 1 fully saturated rings. The van der Waals surface area contributed by atoms with Gasteiger partial charge in [-0.3, -0.25) is 9.69 Å². The van der Waals surface area contributed by atoms with E-state index in [-0.39, 0.29) is 30.3 Å². The second-order valence-electron chi connectivity index (χ2n) is 7.44. The number of hydrogen-bond acceptors (Lipinski definition) is 7. The summed E-state index contributed by atoms with van der Waals surface area (Å²) in [6, 6.07) is 4.81. The van der Waals surface area contributed by atoms with E-state index in [1.165, 1.54) is 13.2 Å². The fourth-order valence-electron chi connectivity index (χ4n) is 3.06. The van der Waals surface area contributed by atoms with Crippen molar-refractivity contribution in [2.45, 2.75) is 32.2 Å². The number of esters is 1. The van der Waals surface area contributed by atoms with Crippen LogP contribution < -0.4 is 10.6 Å². The Labute approximate surface area is 160 Å². The van der Waals surface area contributed by atoms with Crippen molar-refractivity contribution in [1.29, 1.82) is 0 Å². The fourth-order valence-corrected chi connectivity index (χ4v) is 3.06. The molecule has 3 N–H and O–H groups in total. The number of aliphatic hydroxyl groups is 1. The first kappa shape index (κ1) is 21.3. The first-order chi connectivity index (χ1) is 12.9. The lowest BCUT2D eigenvalue weighted by molar-refractivity contribution is -0.117. The maximum Gasteiger partial charge on any atom is 0.356 e. The summed E-state index contributed by atoms with van der Waals surface area (Å²) < 4.78 is 4.63. The van der Waals surface area contributed by atoms with Gasteiger partial charge in [0.15, 0.2) is 5.69 Å². The molecule has 0 bridgehead atoms. The number of amides is 1.